The molecule has 1 atom stereocenters. The molecule has 27 heavy (non-hydrogen) atoms. The minimum atomic E-state index is -3.48. The third-order valence-corrected chi connectivity index (χ3v) is 6.27. The van der Waals surface area contributed by atoms with Crippen LogP contribution in [0, 0.1) is 6.92 Å². The third-order valence-electron chi connectivity index (χ3n) is 4.53. The summed E-state index contributed by atoms with van der Waals surface area (Å²) in [6, 6.07) is 6.56. The molecule has 1 unspecified atom stereocenters. The second-order valence-corrected chi connectivity index (χ2v) is 8.99. The quantitative estimate of drug-likeness (QED) is 0.571. The number of rotatable bonds is 11. The summed E-state index contributed by atoms with van der Waals surface area (Å²) in [4.78, 5) is 24.0. The predicted molar refractivity (Wildman–Crippen MR) is 101 cm³/mol. The lowest BCUT2D eigenvalue weighted by Gasteiger charge is -2.22. The number of hydrogen-bond acceptors (Lipinski definition) is 6. The molecule has 0 aliphatic carbocycles. The maximum absolute atomic E-state index is 12.2. The number of benzene rings is 1. The summed E-state index contributed by atoms with van der Waals surface area (Å²) in [6.45, 7) is 2.86. The van der Waals surface area contributed by atoms with Crippen LogP contribution in [0.4, 0.5) is 0 Å². The van der Waals surface area contributed by atoms with Gasteiger partial charge in [-0.25, -0.2) is 8.42 Å². The summed E-state index contributed by atoms with van der Waals surface area (Å²) >= 11 is 0. The Morgan fingerprint density at radius 1 is 1.04 bits per heavy atom. The van der Waals surface area contributed by atoms with Crippen LogP contribution in [0.15, 0.2) is 29.2 Å². The number of sulfone groups is 1. The van der Waals surface area contributed by atoms with E-state index in [1.807, 2.05) is 6.92 Å². The van der Waals surface area contributed by atoms with Gasteiger partial charge in [0.2, 0.25) is 0 Å². The number of ketones is 2. The second kappa shape index (κ2) is 10.7. The number of hydrogen-bond donors (Lipinski definition) is 0. The second-order valence-electron chi connectivity index (χ2n) is 6.88. The van der Waals surface area contributed by atoms with Gasteiger partial charge in [-0.3, -0.25) is 9.59 Å². The van der Waals surface area contributed by atoms with Crippen LogP contribution in [-0.2, 0) is 28.9 Å². The van der Waals surface area contributed by atoms with Crippen molar-refractivity contribution in [2.45, 2.75) is 63.1 Å². The molecule has 1 aliphatic rings. The van der Waals surface area contributed by atoms with E-state index in [0.29, 0.717) is 13.2 Å². The van der Waals surface area contributed by atoms with Gasteiger partial charge in [-0.15, -0.1) is 0 Å². The van der Waals surface area contributed by atoms with Crippen LogP contribution < -0.4 is 0 Å². The molecule has 6 nitrogen and oxygen atoms in total. The molecule has 1 aromatic rings. The normalized spacial score (nSPS) is 17.6. The van der Waals surface area contributed by atoms with Crippen molar-refractivity contribution in [3.63, 3.8) is 0 Å². The largest absolute Gasteiger partial charge is 0.353 e. The number of carbonyl (C=O) groups excluding carboxylic acids is 2. The first-order valence-corrected chi connectivity index (χ1v) is 11.1. The molecule has 0 bridgehead atoms. The number of Topliss-reactive ketones (excluding diaryl/α,β-unsaturated/α-hetero) is 2. The number of ether oxygens (including phenoxy) is 2. The van der Waals surface area contributed by atoms with Gasteiger partial charge >= 0.3 is 0 Å². The van der Waals surface area contributed by atoms with E-state index in [1.54, 1.807) is 24.3 Å². The van der Waals surface area contributed by atoms with Crippen molar-refractivity contribution >= 4 is 21.4 Å². The molecule has 0 amide bonds. The smallest absolute Gasteiger partial charge is 0.178 e. The van der Waals surface area contributed by atoms with Crippen molar-refractivity contribution in [1.82, 2.24) is 0 Å². The van der Waals surface area contributed by atoms with E-state index >= 15 is 0 Å². The lowest BCUT2D eigenvalue weighted by molar-refractivity contribution is -0.164. The van der Waals surface area contributed by atoms with Gasteiger partial charge in [0.25, 0.3) is 0 Å². The van der Waals surface area contributed by atoms with Crippen molar-refractivity contribution in [3.8, 4) is 0 Å². The van der Waals surface area contributed by atoms with Gasteiger partial charge in [-0.1, -0.05) is 17.7 Å². The Morgan fingerprint density at radius 2 is 1.70 bits per heavy atom. The van der Waals surface area contributed by atoms with Crippen molar-refractivity contribution in [3.05, 3.63) is 29.8 Å². The first kappa shape index (κ1) is 21.7. The SMILES string of the molecule is Cc1ccc(S(=O)(=O)CCC(=O)CCC(=O)CCOC2CCCCO2)cc1. The van der Waals surface area contributed by atoms with Gasteiger partial charge in [0.05, 0.1) is 17.3 Å². The molecule has 1 aromatic carbocycles. The molecule has 0 aromatic heterocycles. The minimum Gasteiger partial charge on any atom is -0.353 e. The number of carbonyl (C=O) groups is 2. The van der Waals surface area contributed by atoms with Gasteiger partial charge < -0.3 is 9.47 Å². The highest BCUT2D eigenvalue weighted by atomic mass is 32.2. The standard InChI is InChI=1S/C20H28O6S/c1-16-5-9-19(10-6-16)27(23,24)15-12-18(22)8-7-17(21)11-14-26-20-4-2-3-13-25-20/h5-6,9-10,20H,2-4,7-8,11-15H2,1H3. The van der Waals surface area contributed by atoms with Gasteiger partial charge in [0.1, 0.15) is 11.6 Å². The highest BCUT2D eigenvalue weighted by Gasteiger charge is 2.17. The first-order chi connectivity index (χ1) is 12.9. The fourth-order valence-corrected chi connectivity index (χ4v) is 4.07. The zero-order valence-corrected chi connectivity index (χ0v) is 16.6. The molecule has 7 heteroatoms. The molecule has 0 radical (unpaired) electrons. The Kier molecular flexibility index (Phi) is 8.60. The van der Waals surface area contributed by atoms with E-state index in [4.69, 9.17) is 9.47 Å². The van der Waals surface area contributed by atoms with Crippen LogP contribution in [0.2, 0.25) is 0 Å². The Balaban J connectivity index is 1.63. The summed E-state index contributed by atoms with van der Waals surface area (Å²) in [5.41, 5.74) is 0.975. The van der Waals surface area contributed by atoms with Gasteiger partial charge in [-0.2, -0.15) is 0 Å². The van der Waals surface area contributed by atoms with Crippen LogP contribution >= 0.6 is 0 Å². The summed E-state index contributed by atoms with van der Waals surface area (Å²) in [5, 5.41) is 0. The summed E-state index contributed by atoms with van der Waals surface area (Å²) in [6.07, 6.45) is 3.10. The molecule has 150 valence electrons. The van der Waals surface area contributed by atoms with Crippen molar-refractivity contribution in [1.29, 1.82) is 0 Å². The predicted octanol–water partition coefficient (Wildman–Crippen LogP) is 3.01. The Hall–Kier alpha value is -1.57. The molecule has 1 saturated heterocycles. The van der Waals surface area contributed by atoms with Crippen molar-refractivity contribution in [2.75, 3.05) is 19.0 Å². The van der Waals surface area contributed by atoms with Gasteiger partial charge in [0.15, 0.2) is 16.1 Å². The molecule has 0 spiro atoms. The minimum absolute atomic E-state index is 0.0550. The van der Waals surface area contributed by atoms with Gasteiger partial charge in [0, 0.05) is 32.3 Å². The fraction of sp³-hybridized carbons (Fsp3) is 0.600. The van der Waals surface area contributed by atoms with Crippen LogP contribution in [0.5, 0.6) is 0 Å². The van der Waals surface area contributed by atoms with E-state index < -0.39 is 9.84 Å². The highest BCUT2D eigenvalue weighted by molar-refractivity contribution is 7.91. The molecule has 2 rings (SSSR count). The lowest BCUT2D eigenvalue weighted by atomic mass is 10.1. The monoisotopic (exact) mass is 396 g/mol. The summed E-state index contributed by atoms with van der Waals surface area (Å²) in [5.74, 6) is -0.498. The van der Waals surface area contributed by atoms with E-state index in [0.717, 1.165) is 24.8 Å². The molecule has 1 fully saturated rings. The van der Waals surface area contributed by atoms with Crippen LogP contribution in [-0.4, -0.2) is 45.2 Å². The average molecular weight is 397 g/mol. The zero-order valence-electron chi connectivity index (χ0n) is 15.8. The lowest BCUT2D eigenvalue weighted by Crippen LogP contribution is -2.23. The Labute approximate surface area is 161 Å². The molecular formula is C20H28O6S. The fourth-order valence-electron chi connectivity index (χ4n) is 2.79. The first-order valence-electron chi connectivity index (χ1n) is 9.43. The molecule has 1 aliphatic heterocycles. The maximum Gasteiger partial charge on any atom is 0.178 e. The zero-order chi connectivity index (χ0) is 19.7. The van der Waals surface area contributed by atoms with E-state index in [-0.39, 0.29) is 54.2 Å². The van der Waals surface area contributed by atoms with E-state index in [9.17, 15) is 18.0 Å². The molecule has 0 N–H and O–H groups in total. The van der Waals surface area contributed by atoms with E-state index in [1.165, 1.54) is 0 Å². The van der Waals surface area contributed by atoms with Crippen LogP contribution in [0.1, 0.15) is 50.5 Å². The van der Waals surface area contributed by atoms with Crippen LogP contribution in [0.25, 0.3) is 0 Å². The summed E-state index contributed by atoms with van der Waals surface area (Å²) < 4.78 is 35.4. The summed E-state index contributed by atoms with van der Waals surface area (Å²) in [7, 11) is -3.48. The van der Waals surface area contributed by atoms with Crippen LogP contribution in [0.3, 0.4) is 0 Å². The van der Waals surface area contributed by atoms with Gasteiger partial charge in [-0.05, 0) is 38.3 Å². The topological polar surface area (TPSA) is 86.7 Å². The molecular weight excluding hydrogens is 368 g/mol. The number of aryl methyl sites for hydroxylation is 1. The Bertz CT molecular complexity index is 717. The van der Waals surface area contributed by atoms with Crippen molar-refractivity contribution < 1.29 is 27.5 Å². The van der Waals surface area contributed by atoms with Crippen molar-refractivity contribution in [2.24, 2.45) is 0 Å². The Morgan fingerprint density at radius 3 is 2.33 bits per heavy atom. The third kappa shape index (κ3) is 7.91. The average Bonchev–Trinajstić information content (AvgIpc) is 2.66. The highest BCUT2D eigenvalue weighted by Crippen LogP contribution is 2.15. The molecule has 0 saturated carbocycles. The molecule has 1 heterocycles. The maximum atomic E-state index is 12.2. The van der Waals surface area contributed by atoms with E-state index in [2.05, 4.69) is 0 Å².